The molecular weight excluding hydrogens is 514 g/mol. The van der Waals surface area contributed by atoms with Gasteiger partial charge in [0.15, 0.2) is 5.58 Å². The van der Waals surface area contributed by atoms with Crippen molar-refractivity contribution in [3.63, 3.8) is 0 Å². The fourth-order valence-corrected chi connectivity index (χ4v) is 5.45. The van der Waals surface area contributed by atoms with Crippen molar-refractivity contribution in [3.05, 3.63) is 47.2 Å². The summed E-state index contributed by atoms with van der Waals surface area (Å²) in [7, 11) is 0. The third-order valence-electron chi connectivity index (χ3n) is 6.74. The molecule has 2 fully saturated rings. The molecule has 1 aromatic carbocycles. The Morgan fingerprint density at radius 2 is 1.87 bits per heavy atom. The van der Waals surface area contributed by atoms with Gasteiger partial charge in [0.2, 0.25) is 0 Å². The standard InChI is InChI=1S/C26H26F2N6O3S/c1-16-12-17(2-5-29-16)24-31-20(15-38-24)23(35)30-18-14-22-19(32-25(37-22)34-8-10-36-11-9-34)13-21(18)33-6-3-26(27,28)4-7-33/h2,5,12-15H,3-4,6-11H2,1H3,(H,30,35). The number of pyridine rings is 1. The van der Waals surface area contributed by atoms with Gasteiger partial charge in [-0.05, 0) is 25.1 Å². The summed E-state index contributed by atoms with van der Waals surface area (Å²) in [5.74, 6) is -3.09. The monoisotopic (exact) mass is 540 g/mol. The summed E-state index contributed by atoms with van der Waals surface area (Å²) in [5.41, 5.74) is 4.20. The number of carbonyl (C=O) groups is 1. The Labute approximate surface area is 221 Å². The van der Waals surface area contributed by atoms with Crippen molar-refractivity contribution in [2.75, 3.05) is 54.5 Å². The number of nitrogens with zero attached hydrogens (tertiary/aromatic N) is 5. The van der Waals surface area contributed by atoms with Crippen LogP contribution >= 0.6 is 11.3 Å². The lowest BCUT2D eigenvalue weighted by molar-refractivity contribution is -0.0220. The number of morpholine rings is 1. The van der Waals surface area contributed by atoms with Crippen LogP contribution in [0.25, 0.3) is 21.7 Å². The highest BCUT2D eigenvalue weighted by Crippen LogP contribution is 2.38. The number of halogens is 2. The van der Waals surface area contributed by atoms with Gasteiger partial charge in [-0.15, -0.1) is 11.3 Å². The minimum absolute atomic E-state index is 0.164. The molecule has 2 aliphatic heterocycles. The number of benzene rings is 1. The lowest BCUT2D eigenvalue weighted by atomic mass is 10.1. The second kappa shape index (κ2) is 9.91. The summed E-state index contributed by atoms with van der Waals surface area (Å²) >= 11 is 1.37. The fraction of sp³-hybridized carbons (Fsp3) is 0.385. The van der Waals surface area contributed by atoms with E-state index in [1.807, 2.05) is 28.9 Å². The van der Waals surface area contributed by atoms with Gasteiger partial charge in [0.05, 0.1) is 24.6 Å². The maximum Gasteiger partial charge on any atom is 0.298 e. The van der Waals surface area contributed by atoms with Crippen LogP contribution in [-0.2, 0) is 4.74 Å². The number of ether oxygens (including phenoxy) is 1. The Morgan fingerprint density at radius 3 is 2.63 bits per heavy atom. The lowest BCUT2D eigenvalue weighted by Gasteiger charge is -2.34. The lowest BCUT2D eigenvalue weighted by Crippen LogP contribution is -2.39. The molecule has 9 nitrogen and oxygen atoms in total. The maximum absolute atomic E-state index is 13.9. The molecule has 1 amide bonds. The average molecular weight is 541 g/mol. The van der Waals surface area contributed by atoms with Crippen molar-refractivity contribution in [2.24, 2.45) is 0 Å². The van der Waals surface area contributed by atoms with Gasteiger partial charge in [0.25, 0.3) is 17.8 Å². The summed E-state index contributed by atoms with van der Waals surface area (Å²) in [6.45, 7) is 4.72. The summed E-state index contributed by atoms with van der Waals surface area (Å²) in [6, 6.07) is 7.75. The van der Waals surface area contributed by atoms with E-state index in [1.54, 1.807) is 23.7 Å². The predicted molar refractivity (Wildman–Crippen MR) is 141 cm³/mol. The smallest absolute Gasteiger partial charge is 0.298 e. The number of anilines is 3. The second-order valence-electron chi connectivity index (χ2n) is 9.45. The fourth-order valence-electron chi connectivity index (χ4n) is 4.65. The number of hydrogen-bond acceptors (Lipinski definition) is 9. The second-order valence-corrected chi connectivity index (χ2v) is 10.3. The van der Waals surface area contributed by atoms with E-state index in [4.69, 9.17) is 9.15 Å². The zero-order valence-corrected chi connectivity index (χ0v) is 21.6. The Bertz CT molecular complexity index is 1470. The molecule has 38 heavy (non-hydrogen) atoms. The molecule has 3 aromatic heterocycles. The van der Waals surface area contributed by atoms with Crippen LogP contribution in [0.1, 0.15) is 29.0 Å². The normalized spacial score (nSPS) is 17.7. The van der Waals surface area contributed by atoms with Gasteiger partial charge in [0.1, 0.15) is 16.2 Å². The highest BCUT2D eigenvalue weighted by atomic mass is 32.1. The van der Waals surface area contributed by atoms with Crippen LogP contribution in [0.4, 0.5) is 26.2 Å². The number of carbonyl (C=O) groups excluding carboxylic acids is 1. The summed E-state index contributed by atoms with van der Waals surface area (Å²) < 4.78 is 39.3. The van der Waals surface area contributed by atoms with Crippen molar-refractivity contribution in [2.45, 2.75) is 25.7 Å². The Balaban J connectivity index is 1.31. The van der Waals surface area contributed by atoms with Gasteiger partial charge in [-0.3, -0.25) is 9.78 Å². The van der Waals surface area contributed by atoms with Gasteiger partial charge in [-0.25, -0.2) is 13.8 Å². The Hall–Kier alpha value is -3.64. The first kappa shape index (κ1) is 24.7. The van der Waals surface area contributed by atoms with Crippen LogP contribution in [-0.4, -0.2) is 66.2 Å². The first-order valence-electron chi connectivity index (χ1n) is 12.4. The summed E-state index contributed by atoms with van der Waals surface area (Å²) in [5, 5.41) is 5.35. The van der Waals surface area contributed by atoms with E-state index in [2.05, 4.69) is 20.3 Å². The van der Waals surface area contributed by atoms with Gasteiger partial charge in [0, 0.05) is 67.9 Å². The largest absolute Gasteiger partial charge is 0.423 e. The number of aryl methyl sites for hydroxylation is 1. The molecule has 1 N–H and O–H groups in total. The van der Waals surface area contributed by atoms with Crippen molar-refractivity contribution in [1.82, 2.24) is 15.0 Å². The molecule has 2 saturated heterocycles. The molecule has 0 bridgehead atoms. The van der Waals surface area contributed by atoms with Gasteiger partial charge >= 0.3 is 0 Å². The Morgan fingerprint density at radius 1 is 1.08 bits per heavy atom. The van der Waals surface area contributed by atoms with Crippen molar-refractivity contribution in [3.8, 4) is 10.6 Å². The van der Waals surface area contributed by atoms with Crippen LogP contribution in [0, 0.1) is 6.92 Å². The van der Waals surface area contributed by atoms with Crippen molar-refractivity contribution < 1.29 is 22.7 Å². The highest BCUT2D eigenvalue weighted by Gasteiger charge is 2.35. The van der Waals surface area contributed by atoms with Crippen LogP contribution in [0.3, 0.4) is 0 Å². The number of fused-ring (bicyclic) bond motifs is 1. The topological polar surface area (TPSA) is 96.6 Å². The third kappa shape index (κ3) is 5.05. The van der Waals surface area contributed by atoms with Gasteiger partial charge in [-0.2, -0.15) is 4.98 Å². The molecule has 198 valence electrons. The molecule has 0 aliphatic carbocycles. The van der Waals surface area contributed by atoms with E-state index in [-0.39, 0.29) is 31.6 Å². The maximum atomic E-state index is 13.9. The number of alkyl halides is 2. The van der Waals surface area contributed by atoms with E-state index >= 15 is 0 Å². The van der Waals surface area contributed by atoms with Gasteiger partial charge in [-0.1, -0.05) is 0 Å². The van der Waals surface area contributed by atoms with E-state index in [9.17, 15) is 13.6 Å². The number of hydrogen-bond donors (Lipinski definition) is 1. The van der Waals surface area contributed by atoms with E-state index in [0.29, 0.717) is 59.8 Å². The first-order chi connectivity index (χ1) is 18.3. The summed E-state index contributed by atoms with van der Waals surface area (Å²) in [6.07, 6.45) is 1.20. The number of rotatable bonds is 5. The Kier molecular flexibility index (Phi) is 6.44. The molecular formula is C26H26F2N6O3S. The SMILES string of the molecule is Cc1cc(-c2nc(C(=O)Nc3cc4oc(N5CCOCC5)nc4cc3N3CCC(F)(F)CC3)cs2)ccn1. The van der Waals surface area contributed by atoms with E-state index in [0.717, 1.165) is 11.3 Å². The molecule has 0 spiro atoms. The quantitative estimate of drug-likeness (QED) is 0.379. The molecule has 6 rings (SSSR count). The third-order valence-corrected chi connectivity index (χ3v) is 7.63. The van der Waals surface area contributed by atoms with Gasteiger partial charge < -0.3 is 24.3 Å². The molecule has 0 saturated carbocycles. The zero-order valence-electron chi connectivity index (χ0n) is 20.7. The molecule has 0 unspecified atom stereocenters. The number of thiazole rings is 1. The zero-order chi connectivity index (χ0) is 26.3. The van der Waals surface area contributed by atoms with Crippen LogP contribution in [0.5, 0.6) is 0 Å². The molecule has 0 radical (unpaired) electrons. The molecule has 4 aromatic rings. The molecule has 5 heterocycles. The van der Waals surface area contributed by atoms with Crippen molar-refractivity contribution >= 4 is 45.7 Å². The van der Waals surface area contributed by atoms with Crippen molar-refractivity contribution in [1.29, 1.82) is 0 Å². The number of nitrogens with one attached hydrogen (secondary N) is 1. The number of piperidine rings is 1. The minimum Gasteiger partial charge on any atom is -0.423 e. The number of aromatic nitrogens is 3. The first-order valence-corrected chi connectivity index (χ1v) is 13.3. The predicted octanol–water partition coefficient (Wildman–Crippen LogP) is 4.98. The van der Waals surface area contributed by atoms with Crippen LogP contribution in [0.2, 0.25) is 0 Å². The van der Waals surface area contributed by atoms with E-state index < -0.39 is 11.8 Å². The number of amides is 1. The van der Waals surface area contributed by atoms with Crippen LogP contribution < -0.4 is 15.1 Å². The highest BCUT2D eigenvalue weighted by molar-refractivity contribution is 7.13. The molecule has 0 atom stereocenters. The summed E-state index contributed by atoms with van der Waals surface area (Å²) in [4.78, 5) is 30.5. The van der Waals surface area contributed by atoms with E-state index in [1.165, 1.54) is 11.3 Å². The molecule has 2 aliphatic rings. The molecule has 12 heteroatoms. The minimum atomic E-state index is -2.69. The number of oxazole rings is 1. The van der Waals surface area contributed by atoms with Crippen LogP contribution in [0.15, 0.2) is 40.3 Å². The average Bonchev–Trinajstić information content (AvgIpc) is 3.57.